The molecule has 3 heteroatoms. The molecule has 0 amide bonds. The van der Waals surface area contributed by atoms with Crippen molar-refractivity contribution < 1.29 is 4.74 Å². The molecule has 0 aliphatic heterocycles. The molecule has 1 unspecified atom stereocenters. The lowest BCUT2D eigenvalue weighted by Gasteiger charge is -2.16. The predicted molar refractivity (Wildman–Crippen MR) is 61.8 cm³/mol. The summed E-state index contributed by atoms with van der Waals surface area (Å²) in [4.78, 5) is 0. The molecule has 0 radical (unpaired) electrons. The Kier molecular flexibility index (Phi) is 5.83. The highest BCUT2D eigenvalue weighted by molar-refractivity contribution is 7.07. The molecule has 1 heterocycles. The van der Waals surface area contributed by atoms with Crippen molar-refractivity contribution >= 4 is 11.3 Å². The van der Waals surface area contributed by atoms with Gasteiger partial charge in [-0.05, 0) is 42.3 Å². The zero-order valence-electron chi connectivity index (χ0n) is 8.95. The van der Waals surface area contributed by atoms with Crippen LogP contribution in [0.25, 0.3) is 0 Å². The van der Waals surface area contributed by atoms with Crippen LogP contribution in [0.4, 0.5) is 0 Å². The second kappa shape index (κ2) is 6.98. The molecule has 0 spiro atoms. The maximum Gasteiger partial charge on any atom is 0.0484 e. The fourth-order valence-corrected chi connectivity index (χ4v) is 2.17. The first-order chi connectivity index (χ1) is 6.88. The van der Waals surface area contributed by atoms with E-state index in [-0.39, 0.29) is 0 Å². The fourth-order valence-electron chi connectivity index (χ4n) is 1.45. The Labute approximate surface area is 90.3 Å². The van der Waals surface area contributed by atoms with Crippen molar-refractivity contribution in [2.24, 2.45) is 0 Å². The van der Waals surface area contributed by atoms with Gasteiger partial charge in [-0.2, -0.15) is 11.3 Å². The monoisotopic (exact) mass is 213 g/mol. The summed E-state index contributed by atoms with van der Waals surface area (Å²) in [6, 6.07) is 2.64. The van der Waals surface area contributed by atoms with Crippen LogP contribution < -0.4 is 5.32 Å². The number of thiophene rings is 1. The third-order valence-corrected chi connectivity index (χ3v) is 2.85. The summed E-state index contributed by atoms with van der Waals surface area (Å²) in [5, 5.41) is 7.80. The summed E-state index contributed by atoms with van der Waals surface area (Å²) >= 11 is 1.75. The minimum absolute atomic E-state index is 0.456. The smallest absolute Gasteiger partial charge is 0.0484 e. The highest BCUT2D eigenvalue weighted by atomic mass is 32.1. The van der Waals surface area contributed by atoms with Gasteiger partial charge in [-0.25, -0.2) is 0 Å². The SMILES string of the molecule is CCNC(CCOCC)c1ccsc1. The summed E-state index contributed by atoms with van der Waals surface area (Å²) in [6.45, 7) is 6.83. The van der Waals surface area contributed by atoms with Gasteiger partial charge in [-0.15, -0.1) is 0 Å². The zero-order chi connectivity index (χ0) is 10.2. The molecular formula is C11H19NOS. The van der Waals surface area contributed by atoms with E-state index in [0.29, 0.717) is 6.04 Å². The Bertz CT molecular complexity index is 223. The third kappa shape index (κ3) is 3.78. The normalized spacial score (nSPS) is 13.0. The van der Waals surface area contributed by atoms with E-state index in [1.807, 2.05) is 6.92 Å². The minimum Gasteiger partial charge on any atom is -0.382 e. The maximum atomic E-state index is 5.37. The first-order valence-corrected chi connectivity index (χ1v) is 6.16. The lowest BCUT2D eigenvalue weighted by Crippen LogP contribution is -2.21. The molecule has 0 bridgehead atoms. The Morgan fingerprint density at radius 1 is 1.50 bits per heavy atom. The zero-order valence-corrected chi connectivity index (χ0v) is 9.77. The van der Waals surface area contributed by atoms with Gasteiger partial charge in [0.05, 0.1) is 0 Å². The number of nitrogens with one attached hydrogen (secondary N) is 1. The van der Waals surface area contributed by atoms with E-state index in [9.17, 15) is 0 Å². The predicted octanol–water partition coefficient (Wildman–Crippen LogP) is 2.83. The molecule has 1 aromatic heterocycles. The lowest BCUT2D eigenvalue weighted by molar-refractivity contribution is 0.136. The van der Waals surface area contributed by atoms with Gasteiger partial charge in [0.25, 0.3) is 0 Å². The quantitative estimate of drug-likeness (QED) is 0.703. The van der Waals surface area contributed by atoms with Crippen LogP contribution in [-0.4, -0.2) is 19.8 Å². The number of hydrogen-bond acceptors (Lipinski definition) is 3. The van der Waals surface area contributed by atoms with Gasteiger partial charge in [-0.1, -0.05) is 6.92 Å². The summed E-state index contributed by atoms with van der Waals surface area (Å²) in [6.07, 6.45) is 1.05. The summed E-state index contributed by atoms with van der Waals surface area (Å²) in [7, 11) is 0. The van der Waals surface area contributed by atoms with Crippen molar-refractivity contribution in [3.63, 3.8) is 0 Å². The average Bonchev–Trinajstić information content (AvgIpc) is 2.70. The Morgan fingerprint density at radius 3 is 2.93 bits per heavy atom. The molecular weight excluding hydrogens is 194 g/mol. The van der Waals surface area contributed by atoms with Gasteiger partial charge < -0.3 is 10.1 Å². The van der Waals surface area contributed by atoms with Crippen molar-refractivity contribution in [2.75, 3.05) is 19.8 Å². The second-order valence-electron chi connectivity index (χ2n) is 3.15. The molecule has 1 N–H and O–H groups in total. The Morgan fingerprint density at radius 2 is 2.36 bits per heavy atom. The largest absolute Gasteiger partial charge is 0.382 e. The minimum atomic E-state index is 0.456. The van der Waals surface area contributed by atoms with Crippen LogP contribution in [-0.2, 0) is 4.74 Å². The standard InChI is InChI=1S/C11H19NOS/c1-3-12-11(5-7-13-4-2)10-6-8-14-9-10/h6,8-9,11-12H,3-5,7H2,1-2H3. The topological polar surface area (TPSA) is 21.3 Å². The van der Waals surface area contributed by atoms with Crippen LogP contribution in [0, 0.1) is 0 Å². The molecule has 2 nitrogen and oxygen atoms in total. The van der Waals surface area contributed by atoms with Gasteiger partial charge in [-0.3, -0.25) is 0 Å². The van der Waals surface area contributed by atoms with Crippen LogP contribution >= 0.6 is 11.3 Å². The number of hydrogen-bond donors (Lipinski definition) is 1. The first kappa shape index (κ1) is 11.7. The molecule has 1 rings (SSSR count). The van der Waals surface area contributed by atoms with Crippen LogP contribution in [0.15, 0.2) is 16.8 Å². The Balaban J connectivity index is 2.39. The lowest BCUT2D eigenvalue weighted by atomic mass is 10.1. The van der Waals surface area contributed by atoms with Gasteiger partial charge in [0.15, 0.2) is 0 Å². The van der Waals surface area contributed by atoms with Crippen LogP contribution in [0.1, 0.15) is 31.9 Å². The summed E-state index contributed by atoms with van der Waals surface area (Å²) in [5.74, 6) is 0. The van der Waals surface area contributed by atoms with Crippen LogP contribution in [0.2, 0.25) is 0 Å². The molecule has 0 saturated heterocycles. The molecule has 0 aromatic carbocycles. The van der Waals surface area contributed by atoms with Crippen molar-refractivity contribution in [1.82, 2.24) is 5.32 Å². The molecule has 14 heavy (non-hydrogen) atoms. The highest BCUT2D eigenvalue weighted by Crippen LogP contribution is 2.19. The van der Waals surface area contributed by atoms with Crippen molar-refractivity contribution in [1.29, 1.82) is 0 Å². The molecule has 0 aliphatic carbocycles. The van der Waals surface area contributed by atoms with E-state index in [4.69, 9.17) is 4.74 Å². The second-order valence-corrected chi connectivity index (χ2v) is 3.93. The van der Waals surface area contributed by atoms with E-state index in [1.54, 1.807) is 11.3 Å². The van der Waals surface area contributed by atoms with Crippen molar-refractivity contribution in [3.8, 4) is 0 Å². The molecule has 0 aliphatic rings. The molecule has 0 saturated carbocycles. The van der Waals surface area contributed by atoms with Gasteiger partial charge in [0.1, 0.15) is 0 Å². The van der Waals surface area contributed by atoms with Gasteiger partial charge in [0, 0.05) is 19.3 Å². The molecule has 1 aromatic rings. The van der Waals surface area contributed by atoms with E-state index in [0.717, 1.165) is 26.2 Å². The average molecular weight is 213 g/mol. The van der Waals surface area contributed by atoms with Crippen LogP contribution in [0.5, 0.6) is 0 Å². The third-order valence-electron chi connectivity index (χ3n) is 2.15. The summed E-state index contributed by atoms with van der Waals surface area (Å²) < 4.78 is 5.37. The molecule has 0 fully saturated rings. The van der Waals surface area contributed by atoms with E-state index >= 15 is 0 Å². The first-order valence-electron chi connectivity index (χ1n) is 5.21. The van der Waals surface area contributed by atoms with E-state index in [2.05, 4.69) is 29.1 Å². The fraction of sp³-hybridized carbons (Fsp3) is 0.636. The van der Waals surface area contributed by atoms with Crippen molar-refractivity contribution in [2.45, 2.75) is 26.3 Å². The van der Waals surface area contributed by atoms with Gasteiger partial charge in [0.2, 0.25) is 0 Å². The van der Waals surface area contributed by atoms with E-state index in [1.165, 1.54) is 5.56 Å². The highest BCUT2D eigenvalue weighted by Gasteiger charge is 2.09. The van der Waals surface area contributed by atoms with Gasteiger partial charge >= 0.3 is 0 Å². The molecule has 1 atom stereocenters. The van der Waals surface area contributed by atoms with Crippen LogP contribution in [0.3, 0.4) is 0 Å². The number of rotatable bonds is 7. The van der Waals surface area contributed by atoms with Crippen molar-refractivity contribution in [3.05, 3.63) is 22.4 Å². The summed E-state index contributed by atoms with van der Waals surface area (Å²) in [5.41, 5.74) is 1.39. The molecule has 80 valence electrons. The Hall–Kier alpha value is -0.380. The van der Waals surface area contributed by atoms with E-state index < -0.39 is 0 Å². The number of ether oxygens (including phenoxy) is 1. The maximum absolute atomic E-state index is 5.37.